The summed E-state index contributed by atoms with van der Waals surface area (Å²) in [6, 6.07) is 0. The van der Waals surface area contributed by atoms with Crippen LogP contribution in [0.5, 0.6) is 0 Å². The highest BCUT2D eigenvalue weighted by Gasteiger charge is 2.42. The van der Waals surface area contributed by atoms with Crippen LogP contribution in [0.4, 0.5) is 0 Å². The first kappa shape index (κ1) is 12.2. The van der Waals surface area contributed by atoms with Gasteiger partial charge in [0.05, 0.1) is 0 Å². The Kier molecular flexibility index (Phi) is 3.09. The second-order valence-electron chi connectivity index (χ2n) is 7.60. The van der Waals surface area contributed by atoms with E-state index in [0.29, 0.717) is 0 Å². The van der Waals surface area contributed by atoms with Crippen LogP contribution in [-0.4, -0.2) is 0 Å². The summed E-state index contributed by atoms with van der Waals surface area (Å²) in [4.78, 5) is 0. The van der Waals surface area contributed by atoms with Gasteiger partial charge in [-0.05, 0) is 80.3 Å². The van der Waals surface area contributed by atoms with Crippen molar-refractivity contribution in [2.24, 2.45) is 23.7 Å². The zero-order chi connectivity index (χ0) is 12.8. The Hall–Kier alpha value is -0.520. The second-order valence-corrected chi connectivity index (χ2v) is 7.60. The maximum atomic E-state index is 2.63. The predicted molar refractivity (Wildman–Crippen MR) is 80.9 cm³/mol. The molecule has 4 atom stereocenters. The average molecular weight is 256 g/mol. The molecule has 0 amide bonds. The van der Waals surface area contributed by atoms with Crippen molar-refractivity contribution in [2.45, 2.75) is 71.1 Å². The molecule has 4 unspecified atom stereocenters. The summed E-state index contributed by atoms with van der Waals surface area (Å²) in [6.45, 7) is 2.42. The van der Waals surface area contributed by atoms with Crippen molar-refractivity contribution in [3.8, 4) is 0 Å². The van der Waals surface area contributed by atoms with Crippen molar-refractivity contribution < 1.29 is 0 Å². The maximum absolute atomic E-state index is 2.63. The topological polar surface area (TPSA) is 0 Å². The lowest BCUT2D eigenvalue weighted by molar-refractivity contribution is 0.191. The van der Waals surface area contributed by atoms with E-state index in [-0.39, 0.29) is 0 Å². The minimum absolute atomic E-state index is 0.951. The van der Waals surface area contributed by atoms with E-state index in [9.17, 15) is 0 Å². The molecule has 3 fully saturated rings. The Morgan fingerprint density at radius 1 is 0.842 bits per heavy atom. The maximum Gasteiger partial charge on any atom is -0.0130 e. The highest BCUT2D eigenvalue weighted by atomic mass is 14.5. The fourth-order valence-corrected chi connectivity index (χ4v) is 5.77. The summed E-state index contributed by atoms with van der Waals surface area (Å²) in [5.41, 5.74) is 5.45. The Balaban J connectivity index is 1.75. The van der Waals surface area contributed by atoms with E-state index >= 15 is 0 Å². The van der Waals surface area contributed by atoms with Crippen LogP contribution in [0.2, 0.25) is 0 Å². The van der Waals surface area contributed by atoms with Gasteiger partial charge in [-0.25, -0.2) is 0 Å². The number of hydrogen-bond acceptors (Lipinski definition) is 0. The molecule has 0 spiro atoms. The molecule has 3 saturated carbocycles. The van der Waals surface area contributed by atoms with Gasteiger partial charge in [0.2, 0.25) is 0 Å². The van der Waals surface area contributed by atoms with Gasteiger partial charge in [0.1, 0.15) is 0 Å². The van der Waals surface area contributed by atoms with Gasteiger partial charge in [0.25, 0.3) is 0 Å². The molecule has 19 heavy (non-hydrogen) atoms. The zero-order valence-corrected chi connectivity index (χ0v) is 12.5. The quantitative estimate of drug-likeness (QED) is 0.525. The molecular weight excluding hydrogens is 228 g/mol. The van der Waals surface area contributed by atoms with Crippen LogP contribution in [0.25, 0.3) is 0 Å². The van der Waals surface area contributed by atoms with Gasteiger partial charge in [0, 0.05) is 0 Å². The fraction of sp³-hybridized carbons (Fsp3) is 0.789. The van der Waals surface area contributed by atoms with Crippen molar-refractivity contribution in [3.63, 3.8) is 0 Å². The van der Waals surface area contributed by atoms with Gasteiger partial charge in [-0.1, -0.05) is 37.3 Å². The smallest absolute Gasteiger partial charge is 0.0130 e. The van der Waals surface area contributed by atoms with Crippen LogP contribution in [-0.2, 0) is 0 Å². The van der Waals surface area contributed by atoms with E-state index in [1.165, 1.54) is 57.8 Å². The molecule has 4 aliphatic rings. The largest absolute Gasteiger partial charge is 0.0767 e. The van der Waals surface area contributed by atoms with Gasteiger partial charge in [-0.15, -0.1) is 0 Å². The number of fused-ring (bicyclic) bond motifs is 5. The Morgan fingerprint density at radius 3 is 2.26 bits per heavy atom. The fourth-order valence-electron chi connectivity index (χ4n) is 5.77. The van der Waals surface area contributed by atoms with Crippen LogP contribution < -0.4 is 0 Å². The lowest BCUT2D eigenvalue weighted by Gasteiger charge is -2.33. The molecule has 0 heterocycles. The van der Waals surface area contributed by atoms with Crippen LogP contribution in [0.15, 0.2) is 22.8 Å². The standard InChI is InChI=1S/C19H28/c1-13-10-11-18-16-8-4-2-6-14(16)12-15-7-3-5-9-17(15)19(13)18/h11,14-17H,2-10,12H2,1H3. The van der Waals surface area contributed by atoms with Crippen molar-refractivity contribution in [3.05, 3.63) is 22.8 Å². The first-order valence-corrected chi connectivity index (χ1v) is 8.74. The number of hydrogen-bond donors (Lipinski definition) is 0. The third-order valence-corrected chi connectivity index (χ3v) is 6.59. The van der Waals surface area contributed by atoms with Gasteiger partial charge in [-0.2, -0.15) is 0 Å². The summed E-state index contributed by atoms with van der Waals surface area (Å²) < 4.78 is 0. The highest BCUT2D eigenvalue weighted by Crippen LogP contribution is 2.54. The predicted octanol–water partition coefficient (Wildman–Crippen LogP) is 5.65. The third-order valence-electron chi connectivity index (χ3n) is 6.59. The van der Waals surface area contributed by atoms with Crippen molar-refractivity contribution in [2.75, 3.05) is 0 Å². The van der Waals surface area contributed by atoms with E-state index in [1.807, 2.05) is 11.1 Å². The summed E-state index contributed by atoms with van der Waals surface area (Å²) in [5.74, 6) is 3.97. The van der Waals surface area contributed by atoms with E-state index in [1.54, 1.807) is 12.0 Å². The molecule has 0 aromatic heterocycles. The lowest BCUT2D eigenvalue weighted by Crippen LogP contribution is -2.23. The Labute approximate surface area is 118 Å². The first-order chi connectivity index (χ1) is 9.34. The van der Waals surface area contributed by atoms with E-state index in [4.69, 9.17) is 0 Å². The molecule has 0 N–H and O–H groups in total. The molecule has 0 bridgehead atoms. The summed E-state index contributed by atoms with van der Waals surface area (Å²) in [7, 11) is 0. The molecule has 0 radical (unpaired) electrons. The molecule has 0 aromatic carbocycles. The Morgan fingerprint density at radius 2 is 1.47 bits per heavy atom. The van der Waals surface area contributed by atoms with Crippen LogP contribution in [0, 0.1) is 23.7 Å². The van der Waals surface area contributed by atoms with Gasteiger partial charge < -0.3 is 0 Å². The zero-order valence-electron chi connectivity index (χ0n) is 12.5. The summed E-state index contributed by atoms with van der Waals surface area (Å²) in [6.07, 6.45) is 17.5. The van der Waals surface area contributed by atoms with Crippen molar-refractivity contribution in [1.29, 1.82) is 0 Å². The van der Waals surface area contributed by atoms with Gasteiger partial charge in [0.15, 0.2) is 0 Å². The molecule has 0 saturated heterocycles. The van der Waals surface area contributed by atoms with Crippen LogP contribution in [0.3, 0.4) is 0 Å². The first-order valence-electron chi connectivity index (χ1n) is 8.74. The van der Waals surface area contributed by atoms with Crippen molar-refractivity contribution >= 4 is 0 Å². The summed E-state index contributed by atoms with van der Waals surface area (Å²) in [5, 5.41) is 0. The highest BCUT2D eigenvalue weighted by molar-refractivity contribution is 5.46. The molecule has 4 rings (SSSR count). The number of rotatable bonds is 0. The molecular formula is C19H28. The van der Waals surface area contributed by atoms with E-state index in [2.05, 4.69) is 13.0 Å². The van der Waals surface area contributed by atoms with E-state index in [0.717, 1.165) is 23.7 Å². The third kappa shape index (κ3) is 1.94. The minimum atomic E-state index is 0.951. The number of allylic oxidation sites excluding steroid dienone is 4. The average Bonchev–Trinajstić information content (AvgIpc) is 2.75. The minimum Gasteiger partial charge on any atom is -0.0767 e. The lowest BCUT2D eigenvalue weighted by atomic mass is 9.72. The molecule has 0 aliphatic heterocycles. The van der Waals surface area contributed by atoms with Gasteiger partial charge in [-0.3, -0.25) is 0 Å². The Bertz CT molecular complexity index is 425. The van der Waals surface area contributed by atoms with Crippen LogP contribution >= 0.6 is 0 Å². The SMILES string of the molecule is CC1=C2C(=CC1)C1CCCCC1CC1CCCCC21. The molecule has 104 valence electrons. The second kappa shape index (κ2) is 4.79. The van der Waals surface area contributed by atoms with Crippen LogP contribution in [0.1, 0.15) is 71.1 Å². The monoisotopic (exact) mass is 256 g/mol. The molecule has 4 aliphatic carbocycles. The molecule has 0 nitrogen and oxygen atoms in total. The molecule has 0 aromatic rings. The normalized spacial score (nSPS) is 42.1. The summed E-state index contributed by atoms with van der Waals surface area (Å²) >= 11 is 0. The van der Waals surface area contributed by atoms with Gasteiger partial charge >= 0.3 is 0 Å². The van der Waals surface area contributed by atoms with E-state index < -0.39 is 0 Å². The molecule has 0 heteroatoms. The van der Waals surface area contributed by atoms with Crippen molar-refractivity contribution in [1.82, 2.24) is 0 Å².